The average Bonchev–Trinajstić information content (AvgIpc) is 2.75. The fraction of sp³-hybridized carbons (Fsp3) is 0.824. The number of aryl methyl sites for hydroxylation is 2. The molecule has 0 aromatic carbocycles. The summed E-state index contributed by atoms with van der Waals surface area (Å²) in [7, 11) is 2.02. The minimum Gasteiger partial charge on any atom is -0.314 e. The lowest BCUT2D eigenvalue weighted by Crippen LogP contribution is -2.40. The largest absolute Gasteiger partial charge is 0.314 e. The van der Waals surface area contributed by atoms with Crippen LogP contribution >= 0.6 is 11.6 Å². The highest BCUT2D eigenvalue weighted by molar-refractivity contribution is 6.31. The summed E-state index contributed by atoms with van der Waals surface area (Å²) in [5.41, 5.74) is 2.22. The van der Waals surface area contributed by atoms with Crippen molar-refractivity contribution in [1.82, 2.24) is 15.1 Å². The minimum absolute atomic E-state index is 0.528. The summed E-state index contributed by atoms with van der Waals surface area (Å²) in [4.78, 5) is 0. The van der Waals surface area contributed by atoms with E-state index in [0.717, 1.165) is 41.9 Å². The van der Waals surface area contributed by atoms with E-state index in [2.05, 4.69) is 31.2 Å². The van der Waals surface area contributed by atoms with E-state index in [1.54, 1.807) is 0 Å². The zero-order chi connectivity index (χ0) is 15.4. The Bertz CT molecular complexity index is 447. The van der Waals surface area contributed by atoms with Gasteiger partial charge in [0.2, 0.25) is 0 Å². The third-order valence-corrected chi connectivity index (χ3v) is 5.45. The number of likely N-dealkylation sites (N-methyl/N-ethyl adjacent to an activating group) is 1. The van der Waals surface area contributed by atoms with Crippen molar-refractivity contribution in [3.05, 3.63) is 16.4 Å². The predicted molar refractivity (Wildman–Crippen MR) is 89.9 cm³/mol. The van der Waals surface area contributed by atoms with Crippen LogP contribution in [0.3, 0.4) is 0 Å². The van der Waals surface area contributed by atoms with Crippen molar-refractivity contribution in [3.8, 4) is 0 Å². The molecule has 0 spiro atoms. The number of hydrogen-bond donors (Lipinski definition) is 1. The molecule has 0 bridgehead atoms. The van der Waals surface area contributed by atoms with E-state index in [9.17, 15) is 0 Å². The van der Waals surface area contributed by atoms with Crippen molar-refractivity contribution < 1.29 is 0 Å². The summed E-state index contributed by atoms with van der Waals surface area (Å²) in [5.74, 6) is 1.67. The summed E-state index contributed by atoms with van der Waals surface area (Å²) in [5, 5.41) is 9.14. The van der Waals surface area contributed by atoms with E-state index >= 15 is 0 Å². The molecule has 21 heavy (non-hydrogen) atoms. The van der Waals surface area contributed by atoms with Gasteiger partial charge >= 0.3 is 0 Å². The van der Waals surface area contributed by atoms with Gasteiger partial charge in [0.05, 0.1) is 16.4 Å². The maximum Gasteiger partial charge on any atom is 0.0850 e. The van der Waals surface area contributed by atoms with Crippen LogP contribution in [0.2, 0.25) is 5.02 Å². The van der Waals surface area contributed by atoms with Crippen LogP contribution in [-0.2, 0) is 19.9 Å². The van der Waals surface area contributed by atoms with E-state index in [0.29, 0.717) is 6.04 Å². The summed E-state index contributed by atoms with van der Waals surface area (Å²) in [6.45, 7) is 7.71. The number of nitrogens with zero attached hydrogens (tertiary/aromatic N) is 2. The Balaban J connectivity index is 2.11. The van der Waals surface area contributed by atoms with Crippen LogP contribution in [0.25, 0.3) is 0 Å². The zero-order valence-electron chi connectivity index (χ0n) is 14.0. The number of halogens is 1. The second-order valence-electron chi connectivity index (χ2n) is 6.57. The SMILES string of the molecule is CCNC(Cc1c(Cl)c(CC)nn1C)C1CCC(C)CC1. The standard InChI is InChI=1S/C17H30ClN3/c1-5-14-17(18)16(21(4)20-14)11-15(19-6-2)13-9-7-12(3)8-10-13/h12-13,15,19H,5-11H2,1-4H3. The van der Waals surface area contributed by atoms with E-state index in [1.807, 2.05) is 11.7 Å². The highest BCUT2D eigenvalue weighted by Gasteiger charge is 2.27. The monoisotopic (exact) mass is 311 g/mol. The molecule has 1 atom stereocenters. The highest BCUT2D eigenvalue weighted by atomic mass is 35.5. The van der Waals surface area contributed by atoms with Gasteiger partial charge in [-0.05, 0) is 37.6 Å². The first kappa shape index (κ1) is 16.8. The lowest BCUT2D eigenvalue weighted by Gasteiger charge is -2.33. The van der Waals surface area contributed by atoms with Crippen LogP contribution in [0.5, 0.6) is 0 Å². The van der Waals surface area contributed by atoms with E-state index in [-0.39, 0.29) is 0 Å². The van der Waals surface area contributed by atoms with E-state index in [1.165, 1.54) is 31.4 Å². The van der Waals surface area contributed by atoms with Crippen LogP contribution in [0.4, 0.5) is 0 Å². The molecule has 0 saturated heterocycles. The molecule has 0 amide bonds. The third kappa shape index (κ3) is 4.01. The van der Waals surface area contributed by atoms with Crippen LogP contribution in [-0.4, -0.2) is 22.4 Å². The van der Waals surface area contributed by atoms with Crippen molar-refractivity contribution >= 4 is 11.6 Å². The summed E-state index contributed by atoms with van der Waals surface area (Å²) in [6.07, 6.45) is 7.32. The molecule has 1 aliphatic carbocycles. The lowest BCUT2D eigenvalue weighted by molar-refractivity contribution is 0.229. The molecular weight excluding hydrogens is 282 g/mol. The molecule has 1 fully saturated rings. The first-order valence-electron chi connectivity index (χ1n) is 8.50. The van der Waals surface area contributed by atoms with Crippen molar-refractivity contribution in [2.24, 2.45) is 18.9 Å². The number of nitrogens with one attached hydrogen (secondary N) is 1. The van der Waals surface area contributed by atoms with Gasteiger partial charge in [0, 0.05) is 19.5 Å². The number of rotatable bonds is 6. The van der Waals surface area contributed by atoms with Gasteiger partial charge in [0.25, 0.3) is 0 Å². The van der Waals surface area contributed by atoms with Crippen LogP contribution < -0.4 is 5.32 Å². The second-order valence-corrected chi connectivity index (χ2v) is 6.95. The normalized spacial score (nSPS) is 24.2. The molecule has 0 aliphatic heterocycles. The molecule has 1 heterocycles. The molecule has 2 rings (SSSR count). The molecule has 1 saturated carbocycles. The lowest BCUT2D eigenvalue weighted by atomic mass is 9.78. The van der Waals surface area contributed by atoms with Gasteiger partial charge in [-0.3, -0.25) is 4.68 Å². The van der Waals surface area contributed by atoms with Crippen molar-refractivity contribution in [1.29, 1.82) is 0 Å². The molecule has 0 radical (unpaired) electrons. The third-order valence-electron chi connectivity index (χ3n) is 5.01. The van der Waals surface area contributed by atoms with Gasteiger partial charge in [-0.1, -0.05) is 45.2 Å². The van der Waals surface area contributed by atoms with E-state index < -0.39 is 0 Å². The van der Waals surface area contributed by atoms with Gasteiger partial charge in [-0.15, -0.1) is 0 Å². The van der Waals surface area contributed by atoms with E-state index in [4.69, 9.17) is 11.6 Å². The minimum atomic E-state index is 0.528. The maximum absolute atomic E-state index is 6.52. The van der Waals surface area contributed by atoms with Gasteiger partial charge < -0.3 is 5.32 Å². The Morgan fingerprint density at radius 1 is 1.29 bits per heavy atom. The fourth-order valence-electron chi connectivity index (χ4n) is 3.61. The Hall–Kier alpha value is -0.540. The molecule has 1 aromatic rings. The Labute approximate surface area is 134 Å². The molecule has 1 aliphatic rings. The molecule has 4 heteroatoms. The van der Waals surface area contributed by atoms with Crippen LogP contribution in [0, 0.1) is 11.8 Å². The molecule has 1 unspecified atom stereocenters. The quantitative estimate of drug-likeness (QED) is 0.861. The first-order valence-corrected chi connectivity index (χ1v) is 8.88. The molecule has 1 aromatic heterocycles. The van der Waals surface area contributed by atoms with Gasteiger partial charge in [-0.25, -0.2) is 0 Å². The molecule has 1 N–H and O–H groups in total. The predicted octanol–water partition coefficient (Wildman–Crippen LogP) is 3.98. The number of hydrogen-bond acceptors (Lipinski definition) is 2. The Morgan fingerprint density at radius 2 is 1.95 bits per heavy atom. The summed E-state index contributed by atoms with van der Waals surface area (Å²) in [6, 6.07) is 0.528. The second kappa shape index (κ2) is 7.64. The first-order chi connectivity index (χ1) is 10.1. The molecular formula is C17H30ClN3. The topological polar surface area (TPSA) is 29.9 Å². The van der Waals surface area contributed by atoms with Crippen molar-refractivity contribution in [2.75, 3.05) is 6.54 Å². The van der Waals surface area contributed by atoms with Crippen molar-refractivity contribution in [3.63, 3.8) is 0 Å². The van der Waals surface area contributed by atoms with Gasteiger partial charge in [0.15, 0.2) is 0 Å². The van der Waals surface area contributed by atoms with Gasteiger partial charge in [0.1, 0.15) is 0 Å². The highest BCUT2D eigenvalue weighted by Crippen LogP contribution is 2.32. The summed E-state index contributed by atoms with van der Waals surface area (Å²) >= 11 is 6.52. The van der Waals surface area contributed by atoms with Gasteiger partial charge in [-0.2, -0.15) is 5.10 Å². The Kier molecular flexibility index (Phi) is 6.12. The summed E-state index contributed by atoms with van der Waals surface area (Å²) < 4.78 is 1.98. The molecule has 3 nitrogen and oxygen atoms in total. The average molecular weight is 312 g/mol. The zero-order valence-corrected chi connectivity index (χ0v) is 14.7. The van der Waals surface area contributed by atoms with Crippen LogP contribution in [0.1, 0.15) is 57.8 Å². The van der Waals surface area contributed by atoms with Crippen LogP contribution in [0.15, 0.2) is 0 Å². The van der Waals surface area contributed by atoms with Crippen molar-refractivity contribution in [2.45, 2.75) is 65.3 Å². The maximum atomic E-state index is 6.52. The molecule has 120 valence electrons. The smallest absolute Gasteiger partial charge is 0.0850 e. The Morgan fingerprint density at radius 3 is 2.48 bits per heavy atom. The number of aromatic nitrogens is 2. The fourth-order valence-corrected chi connectivity index (χ4v) is 3.98.